The van der Waals surface area contributed by atoms with Crippen LogP contribution in [0, 0.1) is 6.92 Å². The minimum Gasteiger partial charge on any atom is -0.504 e. The Morgan fingerprint density at radius 1 is 1.16 bits per heavy atom. The Labute approximate surface area is 113 Å². The summed E-state index contributed by atoms with van der Waals surface area (Å²) in [6, 6.07) is 13.9. The first-order valence-electron chi connectivity index (χ1n) is 6.30. The van der Waals surface area contributed by atoms with E-state index in [4.69, 9.17) is 4.74 Å². The molecule has 0 aliphatic rings. The molecule has 0 aromatic heterocycles. The summed E-state index contributed by atoms with van der Waals surface area (Å²) >= 11 is 0. The van der Waals surface area contributed by atoms with Gasteiger partial charge in [0.1, 0.15) is 0 Å². The second-order valence-electron chi connectivity index (χ2n) is 4.67. The number of aromatic hydroxyl groups is 1. The normalized spacial score (nSPS) is 11.9. The molecule has 0 fully saturated rings. The molecule has 2 aromatic rings. The molecule has 1 atom stereocenters. The van der Waals surface area contributed by atoms with E-state index >= 15 is 0 Å². The highest BCUT2D eigenvalue weighted by Gasteiger charge is 2.07. The SMILES string of the molecule is COc1ccc(NC(C)c2cccc(C)c2)cc1O. The van der Waals surface area contributed by atoms with Gasteiger partial charge in [0.05, 0.1) is 7.11 Å². The molecule has 100 valence electrons. The second-order valence-corrected chi connectivity index (χ2v) is 4.67. The van der Waals surface area contributed by atoms with Gasteiger partial charge in [0.2, 0.25) is 0 Å². The number of nitrogens with one attached hydrogen (secondary N) is 1. The molecule has 0 saturated heterocycles. The zero-order valence-electron chi connectivity index (χ0n) is 11.5. The van der Waals surface area contributed by atoms with Crippen molar-refractivity contribution in [3.8, 4) is 11.5 Å². The Balaban J connectivity index is 2.14. The van der Waals surface area contributed by atoms with Crippen LogP contribution in [0.3, 0.4) is 0 Å². The topological polar surface area (TPSA) is 41.5 Å². The van der Waals surface area contributed by atoms with Crippen LogP contribution < -0.4 is 10.1 Å². The lowest BCUT2D eigenvalue weighted by molar-refractivity contribution is 0.373. The maximum Gasteiger partial charge on any atom is 0.160 e. The lowest BCUT2D eigenvalue weighted by atomic mass is 10.1. The Kier molecular flexibility index (Phi) is 3.95. The molecule has 19 heavy (non-hydrogen) atoms. The summed E-state index contributed by atoms with van der Waals surface area (Å²) in [6.07, 6.45) is 0. The van der Waals surface area contributed by atoms with Crippen LogP contribution in [0.15, 0.2) is 42.5 Å². The van der Waals surface area contributed by atoms with Gasteiger partial charge in [0.25, 0.3) is 0 Å². The minimum atomic E-state index is 0.143. The Bertz CT molecular complexity index is 566. The fourth-order valence-electron chi connectivity index (χ4n) is 2.05. The average Bonchev–Trinajstić information content (AvgIpc) is 2.39. The number of aryl methyl sites for hydroxylation is 1. The molecule has 2 N–H and O–H groups in total. The molecule has 0 radical (unpaired) electrons. The first-order chi connectivity index (χ1) is 9.10. The average molecular weight is 257 g/mol. The van der Waals surface area contributed by atoms with E-state index < -0.39 is 0 Å². The zero-order chi connectivity index (χ0) is 13.8. The molecule has 0 heterocycles. The van der Waals surface area contributed by atoms with Crippen molar-refractivity contribution >= 4 is 5.69 Å². The molecular weight excluding hydrogens is 238 g/mol. The molecule has 0 bridgehead atoms. The van der Waals surface area contributed by atoms with Crippen molar-refractivity contribution in [2.45, 2.75) is 19.9 Å². The predicted octanol–water partition coefficient (Wildman–Crippen LogP) is 3.88. The summed E-state index contributed by atoms with van der Waals surface area (Å²) in [6.45, 7) is 4.17. The molecule has 2 aromatic carbocycles. The van der Waals surface area contributed by atoms with E-state index in [-0.39, 0.29) is 11.8 Å². The van der Waals surface area contributed by atoms with E-state index in [1.165, 1.54) is 18.2 Å². The zero-order valence-corrected chi connectivity index (χ0v) is 11.5. The molecule has 0 aliphatic heterocycles. The summed E-state index contributed by atoms with van der Waals surface area (Å²) in [5, 5.41) is 13.1. The monoisotopic (exact) mass is 257 g/mol. The van der Waals surface area contributed by atoms with Crippen LogP contribution in [0.4, 0.5) is 5.69 Å². The Morgan fingerprint density at radius 3 is 2.58 bits per heavy atom. The molecule has 0 aliphatic carbocycles. The van der Waals surface area contributed by atoms with Crippen molar-refractivity contribution in [2.75, 3.05) is 12.4 Å². The van der Waals surface area contributed by atoms with E-state index in [1.807, 2.05) is 12.1 Å². The van der Waals surface area contributed by atoms with Crippen molar-refractivity contribution in [2.24, 2.45) is 0 Å². The molecule has 0 amide bonds. The van der Waals surface area contributed by atoms with Crippen molar-refractivity contribution in [3.05, 3.63) is 53.6 Å². The summed E-state index contributed by atoms with van der Waals surface area (Å²) < 4.78 is 5.03. The van der Waals surface area contributed by atoms with Crippen molar-refractivity contribution in [1.29, 1.82) is 0 Å². The van der Waals surface area contributed by atoms with E-state index in [2.05, 4.69) is 37.4 Å². The lowest BCUT2D eigenvalue weighted by Gasteiger charge is -2.17. The highest BCUT2D eigenvalue weighted by Crippen LogP contribution is 2.30. The maximum atomic E-state index is 9.75. The summed E-state index contributed by atoms with van der Waals surface area (Å²) in [5.74, 6) is 0.623. The largest absolute Gasteiger partial charge is 0.504 e. The number of ether oxygens (including phenoxy) is 1. The van der Waals surface area contributed by atoms with Crippen LogP contribution in [-0.4, -0.2) is 12.2 Å². The molecule has 0 spiro atoms. The number of rotatable bonds is 4. The molecular formula is C16H19NO2. The van der Waals surface area contributed by atoms with Gasteiger partial charge in [-0.05, 0) is 31.5 Å². The van der Waals surface area contributed by atoms with Crippen LogP contribution in [0.2, 0.25) is 0 Å². The first-order valence-corrected chi connectivity index (χ1v) is 6.30. The van der Waals surface area contributed by atoms with Gasteiger partial charge < -0.3 is 15.2 Å². The molecule has 1 unspecified atom stereocenters. The summed E-state index contributed by atoms with van der Waals surface area (Å²) in [7, 11) is 1.54. The Morgan fingerprint density at radius 2 is 1.95 bits per heavy atom. The highest BCUT2D eigenvalue weighted by atomic mass is 16.5. The summed E-state index contributed by atoms with van der Waals surface area (Å²) in [5.41, 5.74) is 3.33. The van der Waals surface area contributed by atoms with Gasteiger partial charge in [-0.25, -0.2) is 0 Å². The third-order valence-electron chi connectivity index (χ3n) is 3.10. The fourth-order valence-corrected chi connectivity index (χ4v) is 2.05. The highest BCUT2D eigenvalue weighted by molar-refractivity contribution is 5.55. The number of hydrogen-bond donors (Lipinski definition) is 2. The van der Waals surface area contributed by atoms with Crippen molar-refractivity contribution in [1.82, 2.24) is 0 Å². The molecule has 0 saturated carbocycles. The molecule has 3 heteroatoms. The Hall–Kier alpha value is -2.16. The van der Waals surface area contributed by atoms with E-state index in [9.17, 15) is 5.11 Å². The summed E-state index contributed by atoms with van der Waals surface area (Å²) in [4.78, 5) is 0. The van der Waals surface area contributed by atoms with E-state index in [0.717, 1.165) is 5.69 Å². The minimum absolute atomic E-state index is 0.143. The van der Waals surface area contributed by atoms with Gasteiger partial charge in [-0.15, -0.1) is 0 Å². The first kappa shape index (κ1) is 13.3. The third kappa shape index (κ3) is 3.19. The quantitative estimate of drug-likeness (QED) is 0.873. The fraction of sp³-hybridized carbons (Fsp3) is 0.250. The number of anilines is 1. The number of phenols is 1. The van der Waals surface area contributed by atoms with Crippen LogP contribution >= 0.6 is 0 Å². The van der Waals surface area contributed by atoms with Crippen LogP contribution in [0.1, 0.15) is 24.1 Å². The van der Waals surface area contributed by atoms with Crippen molar-refractivity contribution < 1.29 is 9.84 Å². The van der Waals surface area contributed by atoms with Gasteiger partial charge in [-0.3, -0.25) is 0 Å². The molecule has 2 rings (SSSR count). The lowest BCUT2D eigenvalue weighted by Crippen LogP contribution is -2.06. The smallest absolute Gasteiger partial charge is 0.160 e. The predicted molar refractivity (Wildman–Crippen MR) is 77.9 cm³/mol. The van der Waals surface area contributed by atoms with Crippen LogP contribution in [0.25, 0.3) is 0 Å². The van der Waals surface area contributed by atoms with Gasteiger partial charge in [-0.1, -0.05) is 29.8 Å². The second kappa shape index (κ2) is 5.65. The van der Waals surface area contributed by atoms with Gasteiger partial charge in [0, 0.05) is 17.8 Å². The van der Waals surface area contributed by atoms with E-state index in [1.54, 1.807) is 12.1 Å². The van der Waals surface area contributed by atoms with Gasteiger partial charge in [0.15, 0.2) is 11.5 Å². The van der Waals surface area contributed by atoms with Gasteiger partial charge >= 0.3 is 0 Å². The van der Waals surface area contributed by atoms with E-state index in [0.29, 0.717) is 5.75 Å². The maximum absolute atomic E-state index is 9.75. The number of hydrogen-bond acceptors (Lipinski definition) is 3. The number of methoxy groups -OCH3 is 1. The molecule has 3 nitrogen and oxygen atoms in total. The standard InChI is InChI=1S/C16H19NO2/c1-11-5-4-6-13(9-11)12(2)17-14-7-8-16(19-3)15(18)10-14/h4-10,12,17-18H,1-3H3. The van der Waals surface area contributed by atoms with Crippen LogP contribution in [0.5, 0.6) is 11.5 Å². The van der Waals surface area contributed by atoms with Crippen LogP contribution in [-0.2, 0) is 0 Å². The third-order valence-corrected chi connectivity index (χ3v) is 3.10. The van der Waals surface area contributed by atoms with Gasteiger partial charge in [-0.2, -0.15) is 0 Å². The number of phenolic OH excluding ortho intramolecular Hbond substituents is 1. The number of benzene rings is 2. The van der Waals surface area contributed by atoms with Crippen molar-refractivity contribution in [3.63, 3.8) is 0 Å².